The first kappa shape index (κ1) is 23.6. The Hall–Kier alpha value is -4.57. The van der Waals surface area contributed by atoms with Crippen molar-refractivity contribution in [2.24, 2.45) is 0 Å². The van der Waals surface area contributed by atoms with Crippen LogP contribution < -0.4 is 16.2 Å². The van der Waals surface area contributed by atoms with Crippen molar-refractivity contribution in [3.63, 3.8) is 0 Å². The van der Waals surface area contributed by atoms with Gasteiger partial charge < -0.3 is 30.4 Å². The van der Waals surface area contributed by atoms with Crippen molar-refractivity contribution in [3.8, 4) is 5.69 Å². The van der Waals surface area contributed by atoms with E-state index in [-0.39, 0.29) is 18.5 Å². The van der Waals surface area contributed by atoms with Gasteiger partial charge in [-0.05, 0) is 48.0 Å². The molecule has 10 nitrogen and oxygen atoms in total. The number of aromatic amines is 1. The molecule has 0 atom stereocenters. The number of carboxylic acid groups (broad SMARTS) is 2. The molecule has 4 rings (SSSR count). The highest BCUT2D eigenvalue weighted by Crippen LogP contribution is 2.27. The topological polar surface area (TPSA) is 154 Å². The highest BCUT2D eigenvalue weighted by Gasteiger charge is 2.14. The van der Waals surface area contributed by atoms with Gasteiger partial charge in [-0.2, -0.15) is 0 Å². The number of urea groups is 1. The average molecular weight is 495 g/mol. The molecule has 4 aromatic rings. The van der Waals surface area contributed by atoms with Crippen LogP contribution in [0.3, 0.4) is 0 Å². The second-order valence-electron chi connectivity index (χ2n) is 7.65. The summed E-state index contributed by atoms with van der Waals surface area (Å²) in [6, 6.07) is 14.1. The summed E-state index contributed by atoms with van der Waals surface area (Å²) in [5, 5.41) is 24.3. The summed E-state index contributed by atoms with van der Waals surface area (Å²) >= 11 is 6.44. The van der Waals surface area contributed by atoms with Gasteiger partial charge in [-0.15, -0.1) is 0 Å². The quantitative estimate of drug-likeness (QED) is 0.264. The molecule has 0 saturated carbocycles. The highest BCUT2D eigenvalue weighted by atomic mass is 35.5. The van der Waals surface area contributed by atoms with Gasteiger partial charge in [0.2, 0.25) is 0 Å². The zero-order valence-corrected chi connectivity index (χ0v) is 18.8. The maximum Gasteiger partial charge on any atom is 0.341 e. The Labute approximate surface area is 202 Å². The number of fused-ring (bicyclic) bond motifs is 1. The number of carbonyl (C=O) groups is 3. The van der Waals surface area contributed by atoms with Gasteiger partial charge >= 0.3 is 18.0 Å². The molecule has 5 N–H and O–H groups in total. The van der Waals surface area contributed by atoms with Crippen LogP contribution in [0.1, 0.15) is 21.6 Å². The number of pyridine rings is 1. The molecule has 178 valence electrons. The minimum Gasteiger partial charge on any atom is -0.481 e. The second-order valence-corrected chi connectivity index (χ2v) is 8.06. The summed E-state index contributed by atoms with van der Waals surface area (Å²) in [5.41, 5.74) is 1.66. The molecule has 2 aromatic carbocycles. The molecule has 2 amide bonds. The van der Waals surface area contributed by atoms with Gasteiger partial charge in [0.05, 0.1) is 23.7 Å². The predicted molar refractivity (Wildman–Crippen MR) is 130 cm³/mol. The number of carbonyl (C=O) groups excluding carboxylic acids is 1. The lowest BCUT2D eigenvalue weighted by atomic mass is 10.1. The lowest BCUT2D eigenvalue weighted by molar-refractivity contribution is -0.136. The van der Waals surface area contributed by atoms with E-state index in [0.717, 1.165) is 0 Å². The average Bonchev–Trinajstić information content (AvgIpc) is 3.26. The van der Waals surface area contributed by atoms with Crippen LogP contribution in [0.25, 0.3) is 16.6 Å². The Bertz CT molecular complexity index is 1510. The highest BCUT2D eigenvalue weighted by molar-refractivity contribution is 6.33. The van der Waals surface area contributed by atoms with Gasteiger partial charge in [-0.1, -0.05) is 23.7 Å². The second kappa shape index (κ2) is 9.74. The fraction of sp³-hybridized carbons (Fsp3) is 0.0833. The molecule has 0 aliphatic rings. The van der Waals surface area contributed by atoms with Crippen LogP contribution in [-0.4, -0.2) is 37.7 Å². The normalized spacial score (nSPS) is 10.8. The van der Waals surface area contributed by atoms with E-state index in [1.165, 1.54) is 12.1 Å². The van der Waals surface area contributed by atoms with Gasteiger partial charge in [-0.25, -0.2) is 9.59 Å². The Kier molecular flexibility index (Phi) is 6.56. The number of nitrogens with zero attached hydrogens (tertiary/aromatic N) is 1. The lowest BCUT2D eigenvalue weighted by Crippen LogP contribution is -2.29. The molecule has 0 aliphatic heterocycles. The number of benzene rings is 2. The smallest absolute Gasteiger partial charge is 0.341 e. The minimum atomic E-state index is -1.34. The van der Waals surface area contributed by atoms with E-state index < -0.39 is 23.5 Å². The predicted octanol–water partition coefficient (Wildman–Crippen LogP) is 3.62. The maximum atomic E-state index is 12.4. The van der Waals surface area contributed by atoms with E-state index in [1.54, 1.807) is 53.2 Å². The van der Waals surface area contributed by atoms with Crippen LogP contribution >= 0.6 is 11.6 Å². The van der Waals surface area contributed by atoms with Crippen LogP contribution in [-0.2, 0) is 17.8 Å². The molecular formula is C24H19ClN4O6. The molecule has 0 spiro atoms. The number of H-pyrrole nitrogens is 1. The molecule has 0 radical (unpaired) electrons. The molecular weight excluding hydrogens is 476 g/mol. The van der Waals surface area contributed by atoms with Crippen molar-refractivity contribution >= 4 is 46.2 Å². The monoisotopic (exact) mass is 494 g/mol. The Morgan fingerprint density at radius 2 is 1.77 bits per heavy atom. The number of anilines is 1. The summed E-state index contributed by atoms with van der Waals surface area (Å²) in [5.74, 6) is -2.27. The van der Waals surface area contributed by atoms with Crippen LogP contribution in [0, 0.1) is 0 Å². The van der Waals surface area contributed by atoms with Gasteiger partial charge in [-0.3, -0.25) is 9.59 Å². The summed E-state index contributed by atoms with van der Waals surface area (Å²) in [4.78, 5) is 48.9. The number of amides is 2. The Balaban J connectivity index is 1.50. The van der Waals surface area contributed by atoms with Crippen molar-refractivity contribution in [2.45, 2.75) is 13.0 Å². The van der Waals surface area contributed by atoms with E-state index in [2.05, 4.69) is 15.6 Å². The number of hydrogen-bond donors (Lipinski definition) is 5. The largest absolute Gasteiger partial charge is 0.481 e. The summed E-state index contributed by atoms with van der Waals surface area (Å²) in [6.45, 7) is 0.149. The lowest BCUT2D eigenvalue weighted by Gasteiger charge is -2.14. The van der Waals surface area contributed by atoms with Crippen molar-refractivity contribution in [1.82, 2.24) is 14.9 Å². The van der Waals surface area contributed by atoms with Gasteiger partial charge in [0.1, 0.15) is 5.56 Å². The molecule has 0 bridgehead atoms. The Morgan fingerprint density at radius 1 is 1.03 bits per heavy atom. The number of aromatic nitrogens is 2. The van der Waals surface area contributed by atoms with E-state index in [4.69, 9.17) is 16.7 Å². The Morgan fingerprint density at radius 3 is 2.46 bits per heavy atom. The van der Waals surface area contributed by atoms with Gasteiger partial charge in [0.25, 0.3) is 5.56 Å². The first-order valence-corrected chi connectivity index (χ1v) is 10.7. The van der Waals surface area contributed by atoms with E-state index >= 15 is 0 Å². The van der Waals surface area contributed by atoms with Gasteiger partial charge in [0.15, 0.2) is 0 Å². The number of rotatable bonds is 7. The number of halogens is 1. The first-order valence-electron chi connectivity index (χ1n) is 10.3. The molecule has 11 heteroatoms. The van der Waals surface area contributed by atoms with Gasteiger partial charge in [0, 0.05) is 28.5 Å². The molecule has 0 fully saturated rings. The van der Waals surface area contributed by atoms with Crippen molar-refractivity contribution < 1.29 is 24.6 Å². The molecule has 2 heterocycles. The summed E-state index contributed by atoms with van der Waals surface area (Å²) < 4.78 is 1.74. The molecule has 0 aliphatic carbocycles. The zero-order valence-electron chi connectivity index (χ0n) is 18.0. The SMILES string of the molecule is O=C(O)Cc1ccc(NC(=O)NCc2cccn2-c2cc3cc(C(=O)O)c(=O)[nH]c3cc2Cl)cc1. The number of aliphatic carboxylic acids is 1. The van der Waals surface area contributed by atoms with Crippen LogP contribution in [0.2, 0.25) is 5.02 Å². The van der Waals surface area contributed by atoms with Crippen LogP contribution in [0.5, 0.6) is 0 Å². The molecule has 2 aromatic heterocycles. The first-order chi connectivity index (χ1) is 16.7. The minimum absolute atomic E-state index is 0.103. The number of nitrogens with one attached hydrogen (secondary N) is 3. The zero-order chi connectivity index (χ0) is 25.1. The van der Waals surface area contributed by atoms with E-state index in [1.807, 2.05) is 0 Å². The number of aromatic carboxylic acids is 1. The number of hydrogen-bond acceptors (Lipinski definition) is 4. The third-order valence-corrected chi connectivity index (χ3v) is 5.53. The third kappa shape index (κ3) is 5.33. The fourth-order valence-electron chi connectivity index (χ4n) is 3.58. The van der Waals surface area contributed by atoms with E-state index in [0.29, 0.717) is 38.6 Å². The van der Waals surface area contributed by atoms with Crippen LogP contribution in [0.15, 0.2) is 65.6 Å². The fourth-order valence-corrected chi connectivity index (χ4v) is 3.84. The third-order valence-electron chi connectivity index (χ3n) is 5.23. The number of carboxylic acids is 2. The van der Waals surface area contributed by atoms with Crippen molar-refractivity contribution in [1.29, 1.82) is 0 Å². The standard InChI is InChI=1S/C24H19ClN4O6/c25-18-11-19-14(9-17(23(33)34)22(32)28-19)10-20(18)29-7-1-2-16(29)12-26-24(35)27-15-5-3-13(4-6-15)8-21(30)31/h1-7,9-11H,8,12H2,(H,28,32)(H,30,31)(H,33,34)(H2,26,27,35). The van der Waals surface area contributed by atoms with Crippen molar-refractivity contribution in [2.75, 3.05) is 5.32 Å². The molecule has 0 unspecified atom stereocenters. The van der Waals surface area contributed by atoms with Crippen LogP contribution in [0.4, 0.5) is 10.5 Å². The maximum absolute atomic E-state index is 12.4. The van der Waals surface area contributed by atoms with Crippen molar-refractivity contribution in [3.05, 3.63) is 93.0 Å². The summed E-state index contributed by atoms with van der Waals surface area (Å²) in [6.07, 6.45) is 1.64. The molecule has 35 heavy (non-hydrogen) atoms. The summed E-state index contributed by atoms with van der Waals surface area (Å²) in [7, 11) is 0. The molecule has 0 saturated heterocycles. The van der Waals surface area contributed by atoms with E-state index in [9.17, 15) is 24.3 Å².